The molecule has 0 radical (unpaired) electrons. The molecule has 0 atom stereocenters. The lowest BCUT2D eigenvalue weighted by atomic mass is 10.1. The minimum absolute atomic E-state index is 0.0296. The number of hydrogen-bond donors (Lipinski definition) is 2. The van der Waals surface area contributed by atoms with Crippen LogP contribution in [0.3, 0.4) is 0 Å². The predicted octanol–water partition coefficient (Wildman–Crippen LogP) is 3.80. The standard InChI is InChI=1S/C22H21F7N4O4S/c1-38(35,36)32-19-15(21(24,25)26)10-13(11-16(19)23)12-30-18(34)5-3-14-2-4-17(22(27,28)29)31-20(14)33-6-8-37-9-7-33/h2-5,10-11,32H,6-9,12H2,1H3,(H,30,34). The van der Waals surface area contributed by atoms with Crippen LogP contribution < -0.4 is 14.9 Å². The van der Waals surface area contributed by atoms with Crippen molar-refractivity contribution in [3.63, 3.8) is 0 Å². The number of rotatable bonds is 7. The summed E-state index contributed by atoms with van der Waals surface area (Å²) in [6.45, 7) is 0.480. The molecule has 0 unspecified atom stereocenters. The van der Waals surface area contributed by atoms with Crippen molar-refractivity contribution < 1.29 is 48.7 Å². The molecule has 1 amide bonds. The zero-order chi connectivity index (χ0) is 28.3. The average molecular weight is 570 g/mol. The van der Waals surface area contributed by atoms with E-state index in [1.54, 1.807) is 4.90 Å². The number of halogens is 7. The summed E-state index contributed by atoms with van der Waals surface area (Å²) in [4.78, 5) is 17.5. The van der Waals surface area contributed by atoms with E-state index in [1.807, 2.05) is 0 Å². The summed E-state index contributed by atoms with van der Waals surface area (Å²) < 4.78 is 123. The van der Waals surface area contributed by atoms with Gasteiger partial charge in [-0.1, -0.05) is 0 Å². The lowest BCUT2D eigenvalue weighted by Gasteiger charge is -2.29. The number of nitrogens with zero attached hydrogens (tertiary/aromatic N) is 2. The number of nitrogens with one attached hydrogen (secondary N) is 2. The number of anilines is 2. The molecule has 0 spiro atoms. The molecule has 3 rings (SSSR count). The van der Waals surface area contributed by atoms with Crippen LogP contribution in [0.5, 0.6) is 0 Å². The van der Waals surface area contributed by atoms with Crippen LogP contribution >= 0.6 is 0 Å². The summed E-state index contributed by atoms with van der Waals surface area (Å²) in [5, 5.41) is 2.25. The number of carbonyl (C=O) groups is 1. The first-order valence-electron chi connectivity index (χ1n) is 10.8. The molecule has 2 aromatic rings. The number of carbonyl (C=O) groups excluding carboxylic acids is 1. The highest BCUT2D eigenvalue weighted by atomic mass is 32.2. The Hall–Kier alpha value is -3.40. The molecule has 1 aliphatic heterocycles. The highest BCUT2D eigenvalue weighted by molar-refractivity contribution is 7.92. The van der Waals surface area contributed by atoms with Gasteiger partial charge in [0.15, 0.2) is 0 Å². The second-order valence-electron chi connectivity index (χ2n) is 8.13. The first-order valence-corrected chi connectivity index (χ1v) is 12.7. The molecule has 0 saturated carbocycles. The fraction of sp³-hybridized carbons (Fsp3) is 0.364. The van der Waals surface area contributed by atoms with Crippen molar-refractivity contribution in [3.05, 3.63) is 58.5 Å². The molecular weight excluding hydrogens is 549 g/mol. The minimum Gasteiger partial charge on any atom is -0.378 e. The smallest absolute Gasteiger partial charge is 0.378 e. The molecule has 1 saturated heterocycles. The second kappa shape index (κ2) is 11.1. The van der Waals surface area contributed by atoms with E-state index in [-0.39, 0.29) is 43.2 Å². The van der Waals surface area contributed by atoms with E-state index < -0.39 is 57.6 Å². The fourth-order valence-electron chi connectivity index (χ4n) is 3.47. The van der Waals surface area contributed by atoms with E-state index in [0.29, 0.717) is 18.4 Å². The van der Waals surface area contributed by atoms with Crippen molar-refractivity contribution in [2.24, 2.45) is 0 Å². The summed E-state index contributed by atoms with van der Waals surface area (Å²) in [6, 6.07) is 2.98. The number of morpholine rings is 1. The van der Waals surface area contributed by atoms with Crippen molar-refractivity contribution in [2.75, 3.05) is 42.2 Å². The Morgan fingerprint density at radius 3 is 2.34 bits per heavy atom. The monoisotopic (exact) mass is 570 g/mol. The maximum atomic E-state index is 14.3. The normalized spacial score (nSPS) is 15.1. The van der Waals surface area contributed by atoms with Crippen LogP contribution in [0.1, 0.15) is 22.4 Å². The number of hydrogen-bond acceptors (Lipinski definition) is 6. The number of amides is 1. The van der Waals surface area contributed by atoms with E-state index in [2.05, 4.69) is 10.3 Å². The van der Waals surface area contributed by atoms with E-state index in [4.69, 9.17) is 4.74 Å². The molecular formula is C22H21F7N4O4S. The summed E-state index contributed by atoms with van der Waals surface area (Å²) in [5.41, 5.74) is -4.14. The van der Waals surface area contributed by atoms with Crippen molar-refractivity contribution >= 4 is 33.5 Å². The van der Waals surface area contributed by atoms with Crippen molar-refractivity contribution in [2.45, 2.75) is 18.9 Å². The molecule has 38 heavy (non-hydrogen) atoms. The summed E-state index contributed by atoms with van der Waals surface area (Å²) in [7, 11) is -4.22. The minimum atomic E-state index is -5.11. The van der Waals surface area contributed by atoms with Crippen LogP contribution in [0.2, 0.25) is 0 Å². The lowest BCUT2D eigenvalue weighted by Crippen LogP contribution is -2.37. The average Bonchev–Trinajstić information content (AvgIpc) is 2.81. The van der Waals surface area contributed by atoms with Gasteiger partial charge in [0.25, 0.3) is 0 Å². The largest absolute Gasteiger partial charge is 0.433 e. The number of pyridine rings is 1. The van der Waals surface area contributed by atoms with Gasteiger partial charge < -0.3 is 15.0 Å². The van der Waals surface area contributed by atoms with Gasteiger partial charge in [0.1, 0.15) is 17.3 Å². The SMILES string of the molecule is CS(=O)(=O)Nc1c(F)cc(CNC(=O)C=Cc2ccc(C(F)(F)F)nc2N2CCOCC2)cc1C(F)(F)F. The molecule has 0 bridgehead atoms. The molecule has 0 aliphatic carbocycles. The van der Waals surface area contributed by atoms with Crippen LogP contribution in [0.25, 0.3) is 6.08 Å². The molecule has 8 nitrogen and oxygen atoms in total. The van der Waals surface area contributed by atoms with Gasteiger partial charge in [-0.3, -0.25) is 9.52 Å². The molecule has 208 valence electrons. The van der Waals surface area contributed by atoms with Gasteiger partial charge in [-0.05, 0) is 35.9 Å². The number of alkyl halides is 6. The van der Waals surface area contributed by atoms with Gasteiger partial charge in [-0.2, -0.15) is 26.3 Å². The first kappa shape index (κ1) is 29.2. The number of aromatic nitrogens is 1. The Balaban J connectivity index is 1.80. The van der Waals surface area contributed by atoms with E-state index in [0.717, 1.165) is 18.2 Å². The highest BCUT2D eigenvalue weighted by Gasteiger charge is 2.36. The molecule has 2 N–H and O–H groups in total. The van der Waals surface area contributed by atoms with E-state index in [1.165, 1.54) is 10.8 Å². The fourth-order valence-corrected chi connectivity index (χ4v) is 4.04. The van der Waals surface area contributed by atoms with Crippen molar-refractivity contribution in [1.82, 2.24) is 10.3 Å². The van der Waals surface area contributed by atoms with Crippen LogP contribution in [0.15, 0.2) is 30.3 Å². The van der Waals surface area contributed by atoms with Crippen LogP contribution in [0.4, 0.5) is 42.2 Å². The van der Waals surface area contributed by atoms with E-state index >= 15 is 0 Å². The van der Waals surface area contributed by atoms with Crippen LogP contribution in [0, 0.1) is 5.82 Å². The van der Waals surface area contributed by atoms with Crippen LogP contribution in [-0.4, -0.2) is 51.9 Å². The predicted molar refractivity (Wildman–Crippen MR) is 123 cm³/mol. The van der Waals surface area contributed by atoms with Crippen molar-refractivity contribution in [1.29, 1.82) is 0 Å². The number of ether oxygens (including phenoxy) is 1. The zero-order valence-electron chi connectivity index (χ0n) is 19.6. The zero-order valence-corrected chi connectivity index (χ0v) is 20.4. The van der Waals surface area contributed by atoms with E-state index in [9.17, 15) is 43.9 Å². The Labute approximate surface area is 212 Å². The van der Waals surface area contributed by atoms with Gasteiger partial charge in [-0.15, -0.1) is 0 Å². The summed E-state index contributed by atoms with van der Waals surface area (Å²) in [6.07, 6.45) is -7.12. The maximum absolute atomic E-state index is 14.3. The molecule has 2 heterocycles. The van der Waals surface area contributed by atoms with Gasteiger partial charge in [0, 0.05) is 31.3 Å². The Bertz CT molecular complexity index is 1320. The third-order valence-corrected chi connectivity index (χ3v) is 5.71. The Kier molecular flexibility index (Phi) is 8.55. The topological polar surface area (TPSA) is 101 Å². The summed E-state index contributed by atoms with van der Waals surface area (Å²) >= 11 is 0. The maximum Gasteiger partial charge on any atom is 0.433 e. The first-order chi connectivity index (χ1) is 17.5. The van der Waals surface area contributed by atoms with Gasteiger partial charge in [0.2, 0.25) is 15.9 Å². The third-order valence-electron chi connectivity index (χ3n) is 5.13. The Morgan fingerprint density at radius 2 is 1.76 bits per heavy atom. The molecule has 1 aromatic heterocycles. The molecule has 16 heteroatoms. The van der Waals surface area contributed by atoms with Crippen molar-refractivity contribution in [3.8, 4) is 0 Å². The molecule has 1 aliphatic rings. The van der Waals surface area contributed by atoms with Gasteiger partial charge in [-0.25, -0.2) is 17.8 Å². The summed E-state index contributed by atoms with van der Waals surface area (Å²) in [5.74, 6) is -2.38. The number of benzene rings is 1. The lowest BCUT2D eigenvalue weighted by molar-refractivity contribution is -0.141. The molecule has 1 aromatic carbocycles. The highest BCUT2D eigenvalue weighted by Crippen LogP contribution is 2.37. The second-order valence-corrected chi connectivity index (χ2v) is 9.88. The van der Waals surface area contributed by atoms with Gasteiger partial charge >= 0.3 is 12.4 Å². The number of sulfonamides is 1. The van der Waals surface area contributed by atoms with Crippen LogP contribution in [-0.2, 0) is 38.5 Å². The Morgan fingerprint density at radius 1 is 1.11 bits per heavy atom. The molecule has 1 fully saturated rings. The quantitative estimate of drug-likeness (QED) is 0.388. The third kappa shape index (κ3) is 7.80. The van der Waals surface area contributed by atoms with Gasteiger partial charge in [0.05, 0.1) is 30.7 Å².